The van der Waals surface area contributed by atoms with Gasteiger partial charge in [0.05, 0.1) is 12.6 Å². The molecule has 1 saturated carbocycles. The third-order valence-corrected chi connectivity index (χ3v) is 6.06. The maximum atomic E-state index is 13.0. The largest absolute Gasteiger partial charge is 0.444 e. The Kier molecular flexibility index (Phi) is 13.2. The third kappa shape index (κ3) is 12.8. The molecule has 0 radical (unpaired) electrons. The van der Waals surface area contributed by atoms with Crippen molar-refractivity contribution in [2.24, 2.45) is 0 Å². The van der Waals surface area contributed by atoms with Crippen molar-refractivity contribution in [3.63, 3.8) is 0 Å². The lowest BCUT2D eigenvalue weighted by Gasteiger charge is -2.33. The highest BCUT2D eigenvalue weighted by molar-refractivity contribution is 5.89. The summed E-state index contributed by atoms with van der Waals surface area (Å²) in [5.74, 6) is 0.00155. The summed E-state index contributed by atoms with van der Waals surface area (Å²) < 4.78 is 5.38. The van der Waals surface area contributed by atoms with Gasteiger partial charge in [-0.2, -0.15) is 0 Å². The molecule has 0 atom stereocenters. The maximum absolute atomic E-state index is 13.0. The van der Waals surface area contributed by atoms with Crippen LogP contribution in [0.3, 0.4) is 0 Å². The van der Waals surface area contributed by atoms with Crippen LogP contribution in [-0.2, 0) is 14.4 Å². The lowest BCUT2D eigenvalue weighted by Crippen LogP contribution is -2.43. The molecule has 0 aromatic carbocycles. The summed E-state index contributed by atoms with van der Waals surface area (Å²) in [6, 6.07) is 3.32. The Bertz CT molecular complexity index is 824. The van der Waals surface area contributed by atoms with E-state index in [0.717, 1.165) is 51.4 Å². The Balaban J connectivity index is 1.66. The normalized spacial score (nSPS) is 14.1. The molecular weight excluding hydrogens is 474 g/mol. The summed E-state index contributed by atoms with van der Waals surface area (Å²) >= 11 is 0. The number of nitrogens with zero attached hydrogens (tertiary/aromatic N) is 3. The number of ether oxygens (including phenoxy) is 1. The lowest BCUT2D eigenvalue weighted by molar-refractivity contribution is -0.204. The van der Waals surface area contributed by atoms with Gasteiger partial charge < -0.3 is 20.3 Å². The molecule has 1 aromatic heterocycles. The molecular formula is C27H45N5O5. The van der Waals surface area contributed by atoms with Crippen LogP contribution in [0.15, 0.2) is 24.5 Å². The standard InChI is InChI=1S/C27H45N5O5/c1-27(2,3)37-26(35)31(4)20-21-36-32(23-12-8-7-9-13-23)24(33)14-10-5-6-11-17-29-25(34)30-22-15-18-28-19-16-22/h15-16,18-19,23H,5-14,17,20-21H2,1-4H3,(H2,28,29,30,34). The van der Waals surface area contributed by atoms with Crippen molar-refractivity contribution in [2.45, 2.75) is 96.6 Å². The fraction of sp³-hybridized carbons (Fsp3) is 0.704. The Morgan fingerprint density at radius 2 is 1.70 bits per heavy atom. The number of likely N-dealkylation sites (N-methyl/N-ethyl adjacent to an activating group) is 1. The highest BCUT2D eigenvalue weighted by Crippen LogP contribution is 2.24. The van der Waals surface area contributed by atoms with Gasteiger partial charge in [0.2, 0.25) is 5.91 Å². The number of hydroxylamine groups is 2. The second-order valence-corrected chi connectivity index (χ2v) is 10.5. The molecule has 0 saturated heterocycles. The highest BCUT2D eigenvalue weighted by atomic mass is 16.7. The van der Waals surface area contributed by atoms with E-state index in [2.05, 4.69) is 15.6 Å². The van der Waals surface area contributed by atoms with Crippen LogP contribution < -0.4 is 10.6 Å². The first kappa shape index (κ1) is 30.3. The van der Waals surface area contributed by atoms with E-state index in [4.69, 9.17) is 9.57 Å². The summed E-state index contributed by atoms with van der Waals surface area (Å²) in [4.78, 5) is 48.4. The number of urea groups is 1. The number of unbranched alkanes of at least 4 members (excludes halogenated alkanes) is 3. The molecule has 2 N–H and O–H groups in total. The number of hydrogen-bond donors (Lipinski definition) is 2. The highest BCUT2D eigenvalue weighted by Gasteiger charge is 2.27. The molecule has 37 heavy (non-hydrogen) atoms. The van der Waals surface area contributed by atoms with E-state index in [9.17, 15) is 14.4 Å². The van der Waals surface area contributed by atoms with Crippen molar-refractivity contribution in [3.8, 4) is 0 Å². The summed E-state index contributed by atoms with van der Waals surface area (Å²) in [6.07, 6.45) is 12.0. The molecule has 0 spiro atoms. The first-order chi connectivity index (χ1) is 17.7. The minimum absolute atomic E-state index is 0.00155. The van der Waals surface area contributed by atoms with E-state index in [1.54, 1.807) is 36.6 Å². The molecule has 10 nitrogen and oxygen atoms in total. The monoisotopic (exact) mass is 519 g/mol. The first-order valence-corrected chi connectivity index (χ1v) is 13.5. The van der Waals surface area contributed by atoms with Gasteiger partial charge in [0.25, 0.3) is 0 Å². The van der Waals surface area contributed by atoms with E-state index in [0.29, 0.717) is 25.2 Å². The molecule has 208 valence electrons. The molecule has 4 amide bonds. The molecule has 0 unspecified atom stereocenters. The predicted molar refractivity (Wildman–Crippen MR) is 143 cm³/mol. The second kappa shape index (κ2) is 16.1. The number of carbonyl (C=O) groups excluding carboxylic acids is 3. The van der Waals surface area contributed by atoms with Crippen LogP contribution in [0.1, 0.15) is 85.0 Å². The predicted octanol–water partition coefficient (Wildman–Crippen LogP) is 5.11. The molecule has 1 aliphatic rings. The Labute approximate surface area is 221 Å². The van der Waals surface area contributed by atoms with Crippen LogP contribution >= 0.6 is 0 Å². The fourth-order valence-corrected chi connectivity index (χ4v) is 4.08. The smallest absolute Gasteiger partial charge is 0.410 e. The van der Waals surface area contributed by atoms with Crippen LogP contribution in [0.2, 0.25) is 0 Å². The summed E-state index contributed by atoms with van der Waals surface area (Å²) in [5.41, 5.74) is 0.144. The van der Waals surface area contributed by atoms with Gasteiger partial charge in [-0.25, -0.2) is 14.7 Å². The third-order valence-electron chi connectivity index (χ3n) is 6.06. The Morgan fingerprint density at radius 1 is 1.03 bits per heavy atom. The van der Waals surface area contributed by atoms with Gasteiger partial charge in [-0.3, -0.25) is 14.6 Å². The van der Waals surface area contributed by atoms with Gasteiger partial charge in [0.15, 0.2) is 0 Å². The van der Waals surface area contributed by atoms with Crippen molar-refractivity contribution in [3.05, 3.63) is 24.5 Å². The van der Waals surface area contributed by atoms with Crippen molar-refractivity contribution in [1.82, 2.24) is 20.3 Å². The van der Waals surface area contributed by atoms with E-state index >= 15 is 0 Å². The quantitative estimate of drug-likeness (QED) is 0.276. The van der Waals surface area contributed by atoms with E-state index in [1.165, 1.54) is 11.3 Å². The van der Waals surface area contributed by atoms with Crippen molar-refractivity contribution in [2.75, 3.05) is 32.1 Å². The molecule has 2 rings (SSSR count). The summed E-state index contributed by atoms with van der Waals surface area (Å²) in [6.45, 7) is 6.65. The number of aromatic nitrogens is 1. The van der Waals surface area contributed by atoms with Crippen LogP contribution in [0.4, 0.5) is 15.3 Å². The maximum Gasteiger partial charge on any atom is 0.410 e. The second-order valence-electron chi connectivity index (χ2n) is 10.5. The SMILES string of the molecule is CN(CCON(C(=O)CCCCCCNC(=O)Nc1ccncc1)C1CCCCC1)C(=O)OC(C)(C)C. The Morgan fingerprint density at radius 3 is 2.38 bits per heavy atom. The number of nitrogens with one attached hydrogen (secondary N) is 2. The van der Waals surface area contributed by atoms with E-state index < -0.39 is 11.7 Å². The van der Waals surface area contributed by atoms with Crippen molar-refractivity contribution in [1.29, 1.82) is 0 Å². The van der Waals surface area contributed by atoms with Gasteiger partial charge in [0, 0.05) is 44.6 Å². The molecule has 0 aliphatic heterocycles. The zero-order valence-electron chi connectivity index (χ0n) is 23.0. The average molecular weight is 520 g/mol. The van der Waals surface area contributed by atoms with Crippen molar-refractivity contribution >= 4 is 23.7 Å². The van der Waals surface area contributed by atoms with Gasteiger partial charge >= 0.3 is 12.1 Å². The number of anilines is 1. The first-order valence-electron chi connectivity index (χ1n) is 13.5. The van der Waals surface area contributed by atoms with Gasteiger partial charge in [-0.05, 0) is 58.6 Å². The average Bonchev–Trinajstić information content (AvgIpc) is 2.86. The van der Waals surface area contributed by atoms with Gasteiger partial charge in [0.1, 0.15) is 5.60 Å². The Hall–Kier alpha value is -2.88. The zero-order valence-corrected chi connectivity index (χ0v) is 23.0. The van der Waals surface area contributed by atoms with Crippen molar-refractivity contribution < 1.29 is 24.0 Å². The fourth-order valence-electron chi connectivity index (χ4n) is 4.08. The van der Waals surface area contributed by atoms with Gasteiger partial charge in [-0.1, -0.05) is 32.1 Å². The van der Waals surface area contributed by atoms with Crippen LogP contribution in [-0.4, -0.2) is 71.4 Å². The van der Waals surface area contributed by atoms with E-state index in [1.807, 2.05) is 20.8 Å². The zero-order chi connectivity index (χ0) is 27.1. The van der Waals surface area contributed by atoms with E-state index in [-0.39, 0.29) is 24.6 Å². The minimum atomic E-state index is -0.557. The summed E-state index contributed by atoms with van der Waals surface area (Å²) in [5, 5.41) is 7.18. The molecule has 1 aliphatic carbocycles. The van der Waals surface area contributed by atoms with Gasteiger partial charge in [-0.15, -0.1) is 0 Å². The number of amides is 4. The number of rotatable bonds is 13. The van der Waals surface area contributed by atoms with Crippen LogP contribution in [0, 0.1) is 0 Å². The number of pyridine rings is 1. The lowest BCUT2D eigenvalue weighted by atomic mass is 9.95. The van der Waals surface area contributed by atoms with Crippen LogP contribution in [0.25, 0.3) is 0 Å². The minimum Gasteiger partial charge on any atom is -0.444 e. The molecule has 10 heteroatoms. The molecule has 0 bridgehead atoms. The molecule has 1 aromatic rings. The van der Waals surface area contributed by atoms with Crippen LogP contribution in [0.5, 0.6) is 0 Å². The summed E-state index contributed by atoms with van der Waals surface area (Å²) in [7, 11) is 1.67. The molecule has 1 heterocycles. The molecule has 1 fully saturated rings. The number of hydrogen-bond acceptors (Lipinski definition) is 6. The topological polar surface area (TPSA) is 113 Å². The number of carbonyl (C=O) groups is 3.